The van der Waals surface area contributed by atoms with Gasteiger partial charge in [0.25, 0.3) is 0 Å². The Labute approximate surface area is 123 Å². The normalized spacial score (nSPS) is 16.6. The van der Waals surface area contributed by atoms with E-state index in [1.54, 1.807) is 0 Å². The molecule has 0 rings (SSSR count). The minimum atomic E-state index is -0.616. The SMILES string of the molecule is CC/C(C)=C\C(COCC(O)CN=CCO)C(C)(C)C. The van der Waals surface area contributed by atoms with E-state index in [9.17, 15) is 5.11 Å². The van der Waals surface area contributed by atoms with Crippen LogP contribution < -0.4 is 0 Å². The molecular weight excluding hydrogens is 254 g/mol. The highest BCUT2D eigenvalue weighted by atomic mass is 16.5. The standard InChI is InChI=1S/C16H31NO3/c1-6-13(2)9-14(16(3,4)5)11-20-12-15(19)10-17-7-8-18/h7,9,14-15,18-19H,6,8,10-12H2,1-5H3/b13-9-,17-7?. The fourth-order valence-corrected chi connectivity index (χ4v) is 1.65. The highest BCUT2D eigenvalue weighted by Gasteiger charge is 2.23. The average molecular weight is 285 g/mol. The van der Waals surface area contributed by atoms with Crippen LogP contribution in [0, 0.1) is 11.3 Å². The van der Waals surface area contributed by atoms with Crippen LogP contribution in [-0.2, 0) is 4.74 Å². The van der Waals surface area contributed by atoms with Crippen molar-refractivity contribution in [3.63, 3.8) is 0 Å². The van der Waals surface area contributed by atoms with Crippen molar-refractivity contribution in [3.05, 3.63) is 11.6 Å². The summed E-state index contributed by atoms with van der Waals surface area (Å²) in [6, 6.07) is 0. The van der Waals surface area contributed by atoms with Crippen LogP contribution in [0.4, 0.5) is 0 Å². The lowest BCUT2D eigenvalue weighted by molar-refractivity contribution is 0.0155. The predicted molar refractivity (Wildman–Crippen MR) is 84.3 cm³/mol. The molecule has 0 aromatic carbocycles. The smallest absolute Gasteiger partial charge is 0.0968 e. The second kappa shape index (κ2) is 10.1. The summed E-state index contributed by atoms with van der Waals surface area (Å²) in [5.41, 5.74) is 1.50. The van der Waals surface area contributed by atoms with E-state index in [0.29, 0.717) is 12.5 Å². The number of nitrogens with zero attached hydrogens (tertiary/aromatic N) is 1. The van der Waals surface area contributed by atoms with E-state index in [4.69, 9.17) is 9.84 Å². The summed E-state index contributed by atoms with van der Waals surface area (Å²) < 4.78 is 5.63. The maximum atomic E-state index is 9.68. The number of rotatable bonds is 9. The van der Waals surface area contributed by atoms with Gasteiger partial charge in [0.2, 0.25) is 0 Å². The van der Waals surface area contributed by atoms with Gasteiger partial charge in [0.05, 0.1) is 32.5 Å². The highest BCUT2D eigenvalue weighted by Crippen LogP contribution is 2.28. The Kier molecular flexibility index (Phi) is 9.72. The Morgan fingerprint density at radius 2 is 1.95 bits per heavy atom. The van der Waals surface area contributed by atoms with Crippen LogP contribution >= 0.6 is 0 Å². The second-order valence-electron chi connectivity index (χ2n) is 6.26. The Morgan fingerprint density at radius 1 is 1.30 bits per heavy atom. The summed E-state index contributed by atoms with van der Waals surface area (Å²) in [6.07, 6.45) is 4.09. The summed E-state index contributed by atoms with van der Waals surface area (Å²) in [4.78, 5) is 3.88. The molecule has 0 aromatic heterocycles. The number of aliphatic hydroxyl groups excluding tert-OH is 2. The summed E-state index contributed by atoms with van der Waals surface area (Å²) in [5.74, 6) is 0.329. The quantitative estimate of drug-likeness (QED) is 0.505. The Balaban J connectivity index is 4.25. The molecule has 0 radical (unpaired) electrons. The number of allylic oxidation sites excluding steroid dienone is 1. The van der Waals surface area contributed by atoms with E-state index in [2.05, 4.69) is 45.7 Å². The monoisotopic (exact) mass is 285 g/mol. The molecule has 0 heterocycles. The van der Waals surface area contributed by atoms with E-state index < -0.39 is 6.10 Å². The molecular formula is C16H31NO3. The van der Waals surface area contributed by atoms with Gasteiger partial charge in [-0.3, -0.25) is 4.99 Å². The van der Waals surface area contributed by atoms with Gasteiger partial charge in [-0.2, -0.15) is 0 Å². The summed E-state index contributed by atoms with van der Waals surface area (Å²) >= 11 is 0. The molecule has 0 bridgehead atoms. The molecule has 0 aliphatic heterocycles. The van der Waals surface area contributed by atoms with Gasteiger partial charge >= 0.3 is 0 Å². The van der Waals surface area contributed by atoms with Crippen LogP contribution in [0.5, 0.6) is 0 Å². The Morgan fingerprint density at radius 3 is 2.45 bits per heavy atom. The van der Waals surface area contributed by atoms with Gasteiger partial charge < -0.3 is 14.9 Å². The lowest BCUT2D eigenvalue weighted by Crippen LogP contribution is -2.27. The molecule has 20 heavy (non-hydrogen) atoms. The Hall–Kier alpha value is -0.710. The molecule has 118 valence electrons. The van der Waals surface area contributed by atoms with Crippen molar-refractivity contribution >= 4 is 6.21 Å². The minimum Gasteiger partial charge on any atom is -0.391 e. The maximum absolute atomic E-state index is 9.68. The zero-order valence-corrected chi connectivity index (χ0v) is 13.6. The van der Waals surface area contributed by atoms with Crippen LogP contribution in [0.3, 0.4) is 0 Å². The van der Waals surface area contributed by atoms with Crippen LogP contribution in [0.1, 0.15) is 41.0 Å². The third-order valence-corrected chi connectivity index (χ3v) is 3.29. The molecule has 2 unspecified atom stereocenters. The molecule has 0 saturated carbocycles. The number of ether oxygens (including phenoxy) is 1. The van der Waals surface area contributed by atoms with Gasteiger partial charge in [0.15, 0.2) is 0 Å². The van der Waals surface area contributed by atoms with Gasteiger partial charge in [0, 0.05) is 12.1 Å². The van der Waals surface area contributed by atoms with Gasteiger partial charge in [0.1, 0.15) is 0 Å². The first-order chi connectivity index (χ1) is 9.31. The molecule has 2 N–H and O–H groups in total. The first kappa shape index (κ1) is 19.3. The van der Waals surface area contributed by atoms with E-state index in [0.717, 1.165) is 6.42 Å². The first-order valence-electron chi connectivity index (χ1n) is 7.33. The number of hydrogen-bond donors (Lipinski definition) is 2. The van der Waals surface area contributed by atoms with E-state index >= 15 is 0 Å². The lowest BCUT2D eigenvalue weighted by atomic mass is 9.80. The molecule has 0 saturated heterocycles. The third kappa shape index (κ3) is 9.23. The molecule has 0 amide bonds. The minimum absolute atomic E-state index is 0.0965. The fraction of sp³-hybridized carbons (Fsp3) is 0.812. The summed E-state index contributed by atoms with van der Waals surface area (Å²) in [7, 11) is 0. The number of hydrogen-bond acceptors (Lipinski definition) is 4. The molecule has 4 nitrogen and oxygen atoms in total. The number of aliphatic hydroxyl groups is 2. The third-order valence-electron chi connectivity index (χ3n) is 3.29. The van der Waals surface area contributed by atoms with E-state index in [-0.39, 0.29) is 25.2 Å². The van der Waals surface area contributed by atoms with Crippen LogP contribution in [0.25, 0.3) is 0 Å². The molecule has 0 fully saturated rings. The van der Waals surface area contributed by atoms with Crippen molar-refractivity contribution in [2.75, 3.05) is 26.4 Å². The van der Waals surface area contributed by atoms with Gasteiger partial charge in [-0.15, -0.1) is 0 Å². The molecule has 0 aliphatic carbocycles. The van der Waals surface area contributed by atoms with Crippen molar-refractivity contribution in [2.45, 2.75) is 47.1 Å². The Bertz CT molecular complexity index is 305. The van der Waals surface area contributed by atoms with Gasteiger partial charge in [-0.25, -0.2) is 0 Å². The molecule has 4 heteroatoms. The van der Waals surface area contributed by atoms with Crippen LogP contribution in [0.15, 0.2) is 16.6 Å². The highest BCUT2D eigenvalue weighted by molar-refractivity contribution is 5.57. The molecule has 0 spiro atoms. The number of aliphatic imine (C=N–C) groups is 1. The second-order valence-corrected chi connectivity index (χ2v) is 6.26. The zero-order valence-electron chi connectivity index (χ0n) is 13.6. The molecule has 0 aromatic rings. The zero-order chi connectivity index (χ0) is 15.6. The van der Waals surface area contributed by atoms with Crippen molar-refractivity contribution in [1.29, 1.82) is 0 Å². The van der Waals surface area contributed by atoms with Crippen molar-refractivity contribution in [1.82, 2.24) is 0 Å². The van der Waals surface area contributed by atoms with Crippen LogP contribution in [0.2, 0.25) is 0 Å². The largest absolute Gasteiger partial charge is 0.391 e. The topological polar surface area (TPSA) is 62.0 Å². The fourth-order valence-electron chi connectivity index (χ4n) is 1.65. The van der Waals surface area contributed by atoms with Gasteiger partial charge in [-0.05, 0) is 18.8 Å². The van der Waals surface area contributed by atoms with E-state index in [1.165, 1.54) is 11.8 Å². The summed E-state index contributed by atoms with van der Waals surface area (Å²) in [6.45, 7) is 11.9. The first-order valence-corrected chi connectivity index (χ1v) is 7.33. The summed E-state index contributed by atoms with van der Waals surface area (Å²) in [5, 5.41) is 18.2. The van der Waals surface area contributed by atoms with Crippen molar-refractivity contribution in [3.8, 4) is 0 Å². The van der Waals surface area contributed by atoms with Gasteiger partial charge in [-0.1, -0.05) is 39.3 Å². The van der Waals surface area contributed by atoms with Crippen molar-refractivity contribution in [2.24, 2.45) is 16.3 Å². The van der Waals surface area contributed by atoms with Crippen LogP contribution in [-0.4, -0.2) is 48.9 Å². The van der Waals surface area contributed by atoms with E-state index in [1.807, 2.05) is 0 Å². The average Bonchev–Trinajstić information content (AvgIpc) is 2.36. The molecule has 0 aliphatic rings. The van der Waals surface area contributed by atoms with Crippen molar-refractivity contribution < 1.29 is 14.9 Å². The maximum Gasteiger partial charge on any atom is 0.0968 e. The predicted octanol–water partition coefficient (Wildman–Crippen LogP) is 2.45. The molecule has 2 atom stereocenters. The lowest BCUT2D eigenvalue weighted by Gasteiger charge is -2.29.